The summed E-state index contributed by atoms with van der Waals surface area (Å²) in [5.74, 6) is 0. The normalized spacial score (nSPS) is 7.00. The van der Waals surface area contributed by atoms with Gasteiger partial charge in [-0.3, -0.25) is 8.42 Å². The second-order valence-electron chi connectivity index (χ2n) is 0.408. The third-order valence-electron chi connectivity index (χ3n) is 0. The quantitative estimate of drug-likeness (QED) is 0.313. The molecule has 0 atom stereocenters. The standard InChI is InChI=1S/2Mg.2H2O3S/c;;2*1-4(2)3/h;;2*(H2,1,2,3)/q2*+2;;/p-4. The third kappa shape index (κ3) is 260. The molecule has 0 aliphatic carbocycles. The van der Waals surface area contributed by atoms with E-state index in [1.165, 1.54) is 0 Å². The van der Waals surface area contributed by atoms with Crippen LogP contribution in [-0.2, 0) is 22.7 Å². The molecule has 0 unspecified atom stereocenters. The minimum atomic E-state index is -3.11. The van der Waals surface area contributed by atoms with Gasteiger partial charge in [0, 0.05) is 0 Å². The van der Waals surface area contributed by atoms with Crippen molar-refractivity contribution in [3.8, 4) is 0 Å². The summed E-state index contributed by atoms with van der Waals surface area (Å²) in [4.78, 5) is 0. The fourth-order valence-corrected chi connectivity index (χ4v) is 0. The Morgan fingerprint density at radius 1 is 0.700 bits per heavy atom. The van der Waals surface area contributed by atoms with E-state index in [2.05, 4.69) is 0 Å². The summed E-state index contributed by atoms with van der Waals surface area (Å²) in [7, 11) is 0. The Morgan fingerprint density at radius 2 is 0.700 bits per heavy atom. The van der Waals surface area contributed by atoms with E-state index in [-0.39, 0.29) is 46.1 Å². The van der Waals surface area contributed by atoms with Gasteiger partial charge in [0.05, 0.1) is 0 Å². The fourth-order valence-electron chi connectivity index (χ4n) is 0. The predicted molar refractivity (Wildman–Crippen MR) is 30.9 cm³/mol. The van der Waals surface area contributed by atoms with Crippen LogP contribution in [0.1, 0.15) is 0 Å². The molecule has 0 rings (SSSR count). The maximum Gasteiger partial charge on any atom is 2.00 e. The van der Waals surface area contributed by atoms with Gasteiger partial charge in [-0.2, -0.15) is 0 Å². The summed E-state index contributed by atoms with van der Waals surface area (Å²) < 4.78 is 50.7. The van der Waals surface area contributed by atoms with Gasteiger partial charge in [-0.25, -0.2) is 0 Å². The average Bonchev–Trinajstić information content (AvgIpc) is 1.25. The monoisotopic (exact) mass is 208 g/mol. The largest absolute Gasteiger partial charge is 2.00 e. The molecule has 52 valence electrons. The molecule has 0 aromatic carbocycles. The molecule has 0 heterocycles. The summed E-state index contributed by atoms with van der Waals surface area (Å²) in [6.07, 6.45) is 0. The average molecular weight is 209 g/mol. The first-order valence-corrected chi connectivity index (χ1v) is 3.00. The van der Waals surface area contributed by atoms with Gasteiger partial charge in [-0.15, -0.1) is 22.7 Å². The SMILES string of the molecule is O=S([O-])[O-].O=S([O-])[O-].[Mg+2].[Mg+2]. The molecule has 0 saturated carbocycles. The minimum Gasteiger partial charge on any atom is -0.784 e. The molecular weight excluding hydrogens is 209 g/mol. The van der Waals surface area contributed by atoms with Crippen molar-refractivity contribution in [1.29, 1.82) is 0 Å². The number of rotatable bonds is 0. The summed E-state index contributed by atoms with van der Waals surface area (Å²) in [6, 6.07) is 0. The topological polar surface area (TPSA) is 126 Å². The van der Waals surface area contributed by atoms with Gasteiger partial charge in [-0.1, -0.05) is 0 Å². The maximum atomic E-state index is 8.44. The van der Waals surface area contributed by atoms with Crippen LogP contribution in [0.25, 0.3) is 0 Å². The van der Waals surface area contributed by atoms with E-state index >= 15 is 0 Å². The van der Waals surface area contributed by atoms with E-state index in [1.54, 1.807) is 0 Å². The van der Waals surface area contributed by atoms with Crippen molar-refractivity contribution in [2.24, 2.45) is 0 Å². The Balaban J connectivity index is -0.0000000300. The van der Waals surface area contributed by atoms with Crippen LogP contribution in [0.5, 0.6) is 0 Å². The first-order valence-electron chi connectivity index (χ1n) is 1.00. The van der Waals surface area contributed by atoms with Crippen LogP contribution in [0.2, 0.25) is 0 Å². The molecule has 0 aromatic heterocycles. The molecule has 0 fully saturated rings. The van der Waals surface area contributed by atoms with E-state index in [9.17, 15) is 0 Å². The molecule has 0 N–H and O–H groups in total. The van der Waals surface area contributed by atoms with Crippen LogP contribution in [0.3, 0.4) is 0 Å². The van der Waals surface area contributed by atoms with E-state index < -0.39 is 22.7 Å². The molecule has 0 radical (unpaired) electrons. The molecule has 0 aromatic rings. The third-order valence-corrected chi connectivity index (χ3v) is 0. The second kappa shape index (κ2) is 17.0. The zero-order valence-electron chi connectivity index (χ0n) is 4.68. The summed E-state index contributed by atoms with van der Waals surface area (Å²) in [6.45, 7) is 0. The van der Waals surface area contributed by atoms with Gasteiger partial charge < -0.3 is 18.2 Å². The van der Waals surface area contributed by atoms with Crippen LogP contribution in [0.4, 0.5) is 0 Å². The van der Waals surface area contributed by atoms with Crippen molar-refractivity contribution in [2.75, 3.05) is 0 Å². The van der Waals surface area contributed by atoms with Crippen molar-refractivity contribution in [3.05, 3.63) is 0 Å². The summed E-state index contributed by atoms with van der Waals surface area (Å²) in [5, 5.41) is 0. The molecule has 0 aliphatic rings. The van der Waals surface area contributed by atoms with Crippen molar-refractivity contribution >= 4 is 68.8 Å². The molecule has 0 aliphatic heterocycles. The Kier molecular flexibility index (Phi) is 38.3. The first-order chi connectivity index (χ1) is 3.46. The first kappa shape index (κ1) is 22.6. The molecule has 6 nitrogen and oxygen atoms in total. The molecule has 0 saturated heterocycles. The van der Waals surface area contributed by atoms with Crippen LogP contribution >= 0.6 is 0 Å². The van der Waals surface area contributed by atoms with Gasteiger partial charge in [0.25, 0.3) is 0 Å². The Labute approximate surface area is 94.7 Å². The maximum absolute atomic E-state index is 8.44. The van der Waals surface area contributed by atoms with Crippen LogP contribution < -0.4 is 0 Å². The van der Waals surface area contributed by atoms with E-state index in [4.69, 9.17) is 26.6 Å². The minimum absolute atomic E-state index is 0. The number of hydrogen-bond acceptors (Lipinski definition) is 6. The van der Waals surface area contributed by atoms with Crippen LogP contribution in [0.15, 0.2) is 0 Å². The van der Waals surface area contributed by atoms with Crippen LogP contribution in [0, 0.1) is 0 Å². The Hall–Kier alpha value is 1.67. The van der Waals surface area contributed by atoms with E-state index in [1.807, 2.05) is 0 Å². The zero-order valence-corrected chi connectivity index (χ0v) is 9.14. The van der Waals surface area contributed by atoms with Crippen molar-refractivity contribution in [3.63, 3.8) is 0 Å². The molecule has 10 heteroatoms. The molecule has 0 spiro atoms. The van der Waals surface area contributed by atoms with Crippen LogP contribution in [-0.4, -0.2) is 72.7 Å². The zero-order chi connectivity index (χ0) is 7.15. The van der Waals surface area contributed by atoms with Gasteiger partial charge in [0.15, 0.2) is 0 Å². The van der Waals surface area contributed by atoms with Crippen molar-refractivity contribution < 1.29 is 26.6 Å². The Morgan fingerprint density at radius 3 is 0.700 bits per heavy atom. The van der Waals surface area contributed by atoms with Crippen molar-refractivity contribution in [2.45, 2.75) is 0 Å². The molecule has 0 amide bonds. The summed E-state index contributed by atoms with van der Waals surface area (Å²) >= 11 is -6.22. The van der Waals surface area contributed by atoms with E-state index in [0.717, 1.165) is 0 Å². The van der Waals surface area contributed by atoms with E-state index in [0.29, 0.717) is 0 Å². The van der Waals surface area contributed by atoms with Gasteiger partial charge in [0.1, 0.15) is 0 Å². The Bertz CT molecular complexity index is 71.7. The second-order valence-corrected chi connectivity index (χ2v) is 1.22. The summed E-state index contributed by atoms with van der Waals surface area (Å²) in [5.41, 5.74) is 0. The van der Waals surface area contributed by atoms with Gasteiger partial charge in [-0.05, 0) is 0 Å². The smallest absolute Gasteiger partial charge is 0.784 e. The fraction of sp³-hybridized carbons (Fsp3) is 0. The van der Waals surface area contributed by atoms with Crippen molar-refractivity contribution in [1.82, 2.24) is 0 Å². The molecule has 10 heavy (non-hydrogen) atoms. The van der Waals surface area contributed by atoms with Gasteiger partial charge >= 0.3 is 46.1 Å². The van der Waals surface area contributed by atoms with Gasteiger partial charge in [0.2, 0.25) is 0 Å². The number of hydrogen-bond donors (Lipinski definition) is 0. The molecule has 0 bridgehead atoms. The molecular formula is Mg2O6S2. The predicted octanol–water partition coefficient (Wildman–Crippen LogP) is -2.77.